The maximum absolute atomic E-state index is 12.9. The molecule has 0 amide bonds. The zero-order chi connectivity index (χ0) is 24.7. The van der Waals surface area contributed by atoms with Gasteiger partial charge in [-0.1, -0.05) is 12.1 Å². The molecule has 7 heteroatoms. The molecule has 3 aromatic rings. The van der Waals surface area contributed by atoms with E-state index in [9.17, 15) is 9.59 Å². The minimum atomic E-state index is -0.226. The number of rotatable bonds is 11. The fourth-order valence-electron chi connectivity index (χ4n) is 3.48. The molecule has 0 saturated heterocycles. The topological polar surface area (TPSA) is 95.0 Å². The second-order valence-electron chi connectivity index (χ2n) is 7.83. The van der Waals surface area contributed by atoms with Crippen molar-refractivity contribution in [2.45, 2.75) is 26.7 Å². The van der Waals surface area contributed by atoms with Crippen LogP contribution >= 0.6 is 0 Å². The van der Waals surface area contributed by atoms with E-state index in [1.165, 1.54) is 7.11 Å². The molecule has 178 valence electrons. The molecule has 1 aromatic heterocycles. The van der Waals surface area contributed by atoms with E-state index < -0.39 is 0 Å². The normalized spacial score (nSPS) is 10.6. The van der Waals surface area contributed by atoms with Crippen molar-refractivity contribution in [2.75, 3.05) is 27.4 Å². The van der Waals surface area contributed by atoms with Crippen molar-refractivity contribution < 1.29 is 28.9 Å². The highest BCUT2D eigenvalue weighted by Gasteiger charge is 2.17. The van der Waals surface area contributed by atoms with Crippen molar-refractivity contribution in [2.24, 2.45) is 0 Å². The highest BCUT2D eigenvalue weighted by molar-refractivity contribution is 6.02. The molecule has 0 aliphatic rings. The molecule has 0 saturated carbocycles. The number of Topliss-reactive ketones (excluding diaryl/α,β-unsaturated/α-hetero) is 2. The maximum Gasteiger partial charge on any atom is 0.181 e. The highest BCUT2D eigenvalue weighted by Crippen LogP contribution is 2.31. The van der Waals surface area contributed by atoms with Crippen LogP contribution in [0.15, 0.2) is 48.5 Å². The molecule has 0 radical (unpaired) electrons. The van der Waals surface area contributed by atoms with Crippen molar-refractivity contribution in [3.05, 3.63) is 70.9 Å². The molecule has 1 heterocycles. The van der Waals surface area contributed by atoms with Crippen molar-refractivity contribution >= 4 is 11.6 Å². The van der Waals surface area contributed by atoms with Crippen molar-refractivity contribution in [1.82, 2.24) is 4.98 Å². The molecule has 7 nitrogen and oxygen atoms in total. The molecule has 0 aliphatic carbocycles. The fourth-order valence-corrected chi connectivity index (χ4v) is 3.48. The lowest BCUT2D eigenvalue weighted by molar-refractivity contribution is 0.0914. The molecule has 0 atom stereocenters. The quantitative estimate of drug-likeness (QED) is 0.415. The van der Waals surface area contributed by atoms with Gasteiger partial charge in [0.2, 0.25) is 0 Å². The molecule has 0 spiro atoms. The first-order valence-corrected chi connectivity index (χ1v) is 11.0. The van der Waals surface area contributed by atoms with E-state index in [0.717, 1.165) is 16.7 Å². The number of ketones is 2. The predicted octanol–water partition coefficient (Wildman–Crippen LogP) is 4.60. The Balaban J connectivity index is 1.74. The summed E-state index contributed by atoms with van der Waals surface area (Å²) in [6.45, 7) is 4.05. The molecular formula is C27H29NO6. The third-order valence-electron chi connectivity index (χ3n) is 5.56. The van der Waals surface area contributed by atoms with E-state index in [0.29, 0.717) is 28.5 Å². The van der Waals surface area contributed by atoms with Crippen LogP contribution in [0.5, 0.6) is 17.2 Å². The summed E-state index contributed by atoms with van der Waals surface area (Å²) in [4.78, 5) is 30.1. The fraction of sp³-hybridized carbons (Fsp3) is 0.296. The molecule has 3 rings (SSSR count). The number of methoxy groups -OCH3 is 2. The first-order valence-electron chi connectivity index (χ1n) is 11.0. The number of nitrogens with zero attached hydrogens (tertiary/aromatic N) is 1. The van der Waals surface area contributed by atoms with Gasteiger partial charge >= 0.3 is 0 Å². The number of carbonyl (C=O) groups is 2. The number of benzene rings is 2. The SMILES string of the molecule is COc1cc(C(=O)CCC(=O)c2ccc(OC)c(-c3ccc(C)c(C)c3)n2)ccc1OCCO. The molecule has 0 bridgehead atoms. The van der Waals surface area contributed by atoms with Crippen molar-refractivity contribution in [1.29, 1.82) is 0 Å². The summed E-state index contributed by atoms with van der Waals surface area (Å²) in [6.07, 6.45) is 0.0567. The van der Waals surface area contributed by atoms with E-state index in [4.69, 9.17) is 19.3 Å². The Morgan fingerprint density at radius 2 is 1.53 bits per heavy atom. The van der Waals surface area contributed by atoms with Gasteiger partial charge in [0.05, 0.1) is 20.8 Å². The zero-order valence-corrected chi connectivity index (χ0v) is 19.9. The highest BCUT2D eigenvalue weighted by atomic mass is 16.5. The third kappa shape index (κ3) is 5.80. The Labute approximate surface area is 199 Å². The summed E-state index contributed by atoms with van der Waals surface area (Å²) >= 11 is 0. The van der Waals surface area contributed by atoms with E-state index in [-0.39, 0.29) is 43.3 Å². The number of hydrogen-bond acceptors (Lipinski definition) is 7. The Morgan fingerprint density at radius 3 is 2.21 bits per heavy atom. The van der Waals surface area contributed by atoms with Crippen molar-refractivity contribution in [3.63, 3.8) is 0 Å². The number of carbonyl (C=O) groups excluding carboxylic acids is 2. The Kier molecular flexibility index (Phi) is 8.38. The summed E-state index contributed by atoms with van der Waals surface area (Å²) in [5, 5.41) is 8.92. The minimum Gasteiger partial charge on any atom is -0.494 e. The summed E-state index contributed by atoms with van der Waals surface area (Å²) in [6, 6.07) is 14.1. The lowest BCUT2D eigenvalue weighted by Gasteiger charge is -2.12. The maximum atomic E-state index is 12.9. The Bertz CT molecular complexity index is 1190. The second-order valence-corrected chi connectivity index (χ2v) is 7.83. The molecule has 0 fully saturated rings. The summed E-state index contributed by atoms with van der Waals surface area (Å²) in [5.41, 5.74) is 4.43. The van der Waals surface area contributed by atoms with E-state index in [2.05, 4.69) is 4.98 Å². The average Bonchev–Trinajstić information content (AvgIpc) is 2.86. The minimum absolute atomic E-state index is 0.0234. The van der Waals surface area contributed by atoms with Gasteiger partial charge in [0, 0.05) is 24.0 Å². The van der Waals surface area contributed by atoms with Crippen LogP contribution in [0.4, 0.5) is 0 Å². The van der Waals surface area contributed by atoms with Crippen LogP contribution in [0.1, 0.15) is 44.8 Å². The van der Waals surface area contributed by atoms with Crippen LogP contribution in [0.25, 0.3) is 11.3 Å². The lowest BCUT2D eigenvalue weighted by atomic mass is 10.0. The second kappa shape index (κ2) is 11.4. The zero-order valence-electron chi connectivity index (χ0n) is 19.9. The number of hydrogen-bond donors (Lipinski definition) is 1. The number of pyridine rings is 1. The van der Waals surface area contributed by atoms with Gasteiger partial charge in [-0.05, 0) is 61.4 Å². The number of aromatic nitrogens is 1. The number of aliphatic hydroxyl groups is 1. The standard InChI is InChI=1S/C27H29NO6/c1-17-5-6-20(15-18(17)2)27-25(32-3)12-8-21(28-27)23(31)10-9-22(30)19-7-11-24(34-14-13-29)26(16-19)33-4/h5-8,11-12,15-16,29H,9-10,13-14H2,1-4H3. The van der Waals surface area contributed by atoms with Gasteiger partial charge in [0.1, 0.15) is 23.7 Å². The van der Waals surface area contributed by atoms with Gasteiger partial charge in [0.25, 0.3) is 0 Å². The van der Waals surface area contributed by atoms with Gasteiger partial charge in [-0.15, -0.1) is 0 Å². The third-order valence-corrected chi connectivity index (χ3v) is 5.56. The summed E-state index contributed by atoms with van der Waals surface area (Å²) in [7, 11) is 3.04. The monoisotopic (exact) mass is 463 g/mol. The van der Waals surface area contributed by atoms with Gasteiger partial charge in [-0.25, -0.2) is 4.98 Å². The van der Waals surface area contributed by atoms with Crippen LogP contribution < -0.4 is 14.2 Å². The molecule has 0 aliphatic heterocycles. The largest absolute Gasteiger partial charge is 0.494 e. The van der Waals surface area contributed by atoms with Crippen molar-refractivity contribution in [3.8, 4) is 28.5 Å². The van der Waals surface area contributed by atoms with E-state index >= 15 is 0 Å². The average molecular weight is 464 g/mol. The Morgan fingerprint density at radius 1 is 0.824 bits per heavy atom. The molecule has 2 aromatic carbocycles. The molecular weight excluding hydrogens is 434 g/mol. The summed E-state index contributed by atoms with van der Waals surface area (Å²) in [5.74, 6) is 0.983. The van der Waals surface area contributed by atoms with E-state index in [1.807, 2.05) is 32.0 Å². The van der Waals surface area contributed by atoms with Gasteiger partial charge in [0.15, 0.2) is 23.1 Å². The number of ether oxygens (including phenoxy) is 3. The molecule has 0 unspecified atom stereocenters. The van der Waals surface area contributed by atoms with Crippen LogP contribution in [-0.2, 0) is 0 Å². The molecule has 1 N–H and O–H groups in total. The lowest BCUT2D eigenvalue weighted by Crippen LogP contribution is -2.08. The van der Waals surface area contributed by atoms with E-state index in [1.54, 1.807) is 37.4 Å². The van der Waals surface area contributed by atoms with Gasteiger partial charge in [-0.2, -0.15) is 0 Å². The number of aliphatic hydroxyl groups excluding tert-OH is 1. The first kappa shape index (κ1) is 24.9. The van der Waals surface area contributed by atoms with Crippen LogP contribution in [0.3, 0.4) is 0 Å². The first-order chi connectivity index (χ1) is 16.4. The van der Waals surface area contributed by atoms with Crippen LogP contribution in [-0.4, -0.2) is 49.1 Å². The van der Waals surface area contributed by atoms with Crippen LogP contribution in [0.2, 0.25) is 0 Å². The smallest absolute Gasteiger partial charge is 0.181 e. The molecule has 34 heavy (non-hydrogen) atoms. The predicted molar refractivity (Wildman–Crippen MR) is 129 cm³/mol. The number of aryl methyl sites for hydroxylation is 2. The van der Waals surface area contributed by atoms with Gasteiger partial charge in [-0.3, -0.25) is 9.59 Å². The Hall–Kier alpha value is -3.71. The van der Waals surface area contributed by atoms with Crippen LogP contribution in [0, 0.1) is 13.8 Å². The van der Waals surface area contributed by atoms with Gasteiger partial charge < -0.3 is 19.3 Å². The summed E-state index contributed by atoms with van der Waals surface area (Å²) < 4.78 is 16.1.